The minimum Gasteiger partial charge on any atom is -0.395 e. The number of nitrogens with one attached hydrogen (secondary N) is 1. The topological polar surface area (TPSA) is 72.9 Å². The molecule has 1 aromatic rings. The van der Waals surface area contributed by atoms with E-state index in [9.17, 15) is 4.79 Å². The van der Waals surface area contributed by atoms with E-state index in [0.717, 1.165) is 25.0 Å². The average Bonchev–Trinajstić information content (AvgIpc) is 2.66. The zero-order chi connectivity index (χ0) is 14.9. The van der Waals surface area contributed by atoms with Crippen LogP contribution in [0.15, 0.2) is 0 Å². The van der Waals surface area contributed by atoms with Gasteiger partial charge in [0, 0.05) is 13.1 Å². The summed E-state index contributed by atoms with van der Waals surface area (Å²) in [4.78, 5) is 12.5. The molecule has 0 aliphatic heterocycles. The van der Waals surface area contributed by atoms with Gasteiger partial charge in [-0.25, -0.2) is 0 Å². The maximum Gasteiger partial charge on any atom is 0.271 e. The third-order valence-corrected chi connectivity index (χ3v) is 4.52. The standard InChI is InChI=1S/C15H26N4O/c1-5-10-12(16)13(19(4)18-10)14(20)17-11-8-6-7-9-15(11,2)3/h11H,5-9,16H2,1-4H3,(H,17,20). The Kier molecular flexibility index (Phi) is 4.06. The maximum atomic E-state index is 12.5. The lowest BCUT2D eigenvalue weighted by molar-refractivity contribution is 0.0845. The molecule has 0 spiro atoms. The summed E-state index contributed by atoms with van der Waals surface area (Å²) in [6, 6.07) is 0.211. The fraction of sp³-hybridized carbons (Fsp3) is 0.733. The SMILES string of the molecule is CCc1nn(C)c(C(=O)NC2CCCCC2(C)C)c1N. The Morgan fingerprint density at radius 3 is 2.75 bits per heavy atom. The molecule has 0 saturated heterocycles. The van der Waals surface area contributed by atoms with Crippen molar-refractivity contribution in [1.29, 1.82) is 0 Å². The van der Waals surface area contributed by atoms with Gasteiger partial charge in [-0.1, -0.05) is 33.6 Å². The third kappa shape index (κ3) is 2.67. The highest BCUT2D eigenvalue weighted by Gasteiger charge is 2.34. The molecular weight excluding hydrogens is 252 g/mol. The first kappa shape index (κ1) is 14.9. The van der Waals surface area contributed by atoms with Crippen LogP contribution in [0.4, 0.5) is 5.69 Å². The van der Waals surface area contributed by atoms with Crippen LogP contribution in [0, 0.1) is 5.41 Å². The summed E-state index contributed by atoms with van der Waals surface area (Å²) in [6.45, 7) is 6.44. The molecule has 0 bridgehead atoms. The quantitative estimate of drug-likeness (QED) is 0.890. The number of rotatable bonds is 3. The average molecular weight is 278 g/mol. The summed E-state index contributed by atoms with van der Waals surface area (Å²) < 4.78 is 1.60. The number of aryl methyl sites for hydroxylation is 2. The van der Waals surface area contributed by atoms with Crippen LogP contribution >= 0.6 is 0 Å². The van der Waals surface area contributed by atoms with Gasteiger partial charge in [0.25, 0.3) is 5.91 Å². The molecule has 1 amide bonds. The zero-order valence-electron chi connectivity index (χ0n) is 13.0. The molecule has 1 aliphatic carbocycles. The summed E-state index contributed by atoms with van der Waals surface area (Å²) in [5.41, 5.74) is 7.99. The van der Waals surface area contributed by atoms with Gasteiger partial charge in [-0.3, -0.25) is 9.48 Å². The van der Waals surface area contributed by atoms with Crippen LogP contribution in [0.1, 0.15) is 62.6 Å². The highest BCUT2D eigenvalue weighted by Crippen LogP contribution is 2.35. The predicted molar refractivity (Wildman–Crippen MR) is 80.5 cm³/mol. The number of nitrogens with two attached hydrogens (primary N) is 1. The number of anilines is 1. The molecule has 1 atom stereocenters. The molecule has 112 valence electrons. The lowest BCUT2D eigenvalue weighted by atomic mass is 9.73. The molecule has 1 unspecified atom stereocenters. The van der Waals surface area contributed by atoms with E-state index in [1.165, 1.54) is 12.8 Å². The molecule has 1 aromatic heterocycles. The molecule has 20 heavy (non-hydrogen) atoms. The van der Waals surface area contributed by atoms with Gasteiger partial charge in [0.05, 0.1) is 11.4 Å². The summed E-state index contributed by atoms with van der Waals surface area (Å²) in [5, 5.41) is 7.47. The van der Waals surface area contributed by atoms with Crippen LogP contribution in [0.25, 0.3) is 0 Å². The third-order valence-electron chi connectivity index (χ3n) is 4.52. The Labute approximate surface area is 120 Å². The van der Waals surface area contributed by atoms with Crippen LogP contribution in [0.3, 0.4) is 0 Å². The second-order valence-electron chi connectivity index (χ2n) is 6.45. The van der Waals surface area contributed by atoms with Gasteiger partial charge in [-0.2, -0.15) is 5.10 Å². The minimum absolute atomic E-state index is 0.0998. The van der Waals surface area contributed by atoms with Crippen molar-refractivity contribution in [2.24, 2.45) is 12.5 Å². The fourth-order valence-electron chi connectivity index (χ4n) is 3.11. The van der Waals surface area contributed by atoms with E-state index in [1.54, 1.807) is 11.7 Å². The van der Waals surface area contributed by atoms with Gasteiger partial charge < -0.3 is 11.1 Å². The minimum atomic E-state index is -0.0998. The Morgan fingerprint density at radius 1 is 1.50 bits per heavy atom. The fourth-order valence-corrected chi connectivity index (χ4v) is 3.11. The van der Waals surface area contributed by atoms with E-state index in [4.69, 9.17) is 5.73 Å². The van der Waals surface area contributed by atoms with E-state index in [-0.39, 0.29) is 17.4 Å². The molecule has 1 aliphatic rings. The van der Waals surface area contributed by atoms with Crippen molar-refractivity contribution in [3.8, 4) is 0 Å². The van der Waals surface area contributed by atoms with E-state index >= 15 is 0 Å². The summed E-state index contributed by atoms with van der Waals surface area (Å²) >= 11 is 0. The normalized spacial score (nSPS) is 21.7. The lowest BCUT2D eigenvalue weighted by Crippen LogP contribution is -2.47. The first-order valence-electron chi connectivity index (χ1n) is 7.49. The number of nitrogen functional groups attached to an aromatic ring is 1. The van der Waals surface area contributed by atoms with Gasteiger partial charge in [0.1, 0.15) is 5.69 Å². The van der Waals surface area contributed by atoms with Gasteiger partial charge in [-0.15, -0.1) is 0 Å². The van der Waals surface area contributed by atoms with Gasteiger partial charge in [0.2, 0.25) is 0 Å². The molecule has 0 aromatic carbocycles. The molecular formula is C15H26N4O. The Morgan fingerprint density at radius 2 is 2.20 bits per heavy atom. The summed E-state index contributed by atoms with van der Waals surface area (Å²) in [6.07, 6.45) is 5.35. The molecule has 5 heteroatoms. The van der Waals surface area contributed by atoms with Crippen molar-refractivity contribution in [2.75, 3.05) is 5.73 Å². The Hall–Kier alpha value is -1.52. The maximum absolute atomic E-state index is 12.5. The van der Waals surface area contributed by atoms with Crippen LogP contribution in [-0.4, -0.2) is 21.7 Å². The van der Waals surface area contributed by atoms with Gasteiger partial charge >= 0.3 is 0 Å². The van der Waals surface area contributed by atoms with Crippen LogP contribution in [-0.2, 0) is 13.5 Å². The number of aromatic nitrogens is 2. The molecule has 1 fully saturated rings. The molecule has 0 radical (unpaired) electrons. The van der Waals surface area contributed by atoms with Gasteiger partial charge in [0.15, 0.2) is 0 Å². The lowest BCUT2D eigenvalue weighted by Gasteiger charge is -2.39. The van der Waals surface area contributed by atoms with E-state index in [2.05, 4.69) is 24.3 Å². The first-order chi connectivity index (χ1) is 9.36. The summed E-state index contributed by atoms with van der Waals surface area (Å²) in [7, 11) is 1.77. The largest absolute Gasteiger partial charge is 0.395 e. The molecule has 3 N–H and O–H groups in total. The first-order valence-corrected chi connectivity index (χ1v) is 7.49. The zero-order valence-corrected chi connectivity index (χ0v) is 13.0. The number of hydrogen-bond acceptors (Lipinski definition) is 3. The molecule has 5 nitrogen and oxygen atoms in total. The second kappa shape index (κ2) is 5.46. The summed E-state index contributed by atoms with van der Waals surface area (Å²) in [5.74, 6) is -0.0998. The predicted octanol–water partition coefficient (Wildman–Crippen LogP) is 2.26. The second-order valence-corrected chi connectivity index (χ2v) is 6.45. The van der Waals surface area contributed by atoms with Crippen molar-refractivity contribution in [1.82, 2.24) is 15.1 Å². The van der Waals surface area contributed by atoms with Crippen molar-refractivity contribution in [2.45, 2.75) is 58.9 Å². The molecule has 1 saturated carbocycles. The number of amides is 1. The number of nitrogens with zero attached hydrogens (tertiary/aromatic N) is 2. The molecule has 1 heterocycles. The Bertz CT molecular complexity index is 504. The van der Waals surface area contributed by atoms with Crippen molar-refractivity contribution >= 4 is 11.6 Å². The van der Waals surface area contributed by atoms with Crippen molar-refractivity contribution < 1.29 is 4.79 Å². The smallest absolute Gasteiger partial charge is 0.271 e. The number of carbonyl (C=O) groups is 1. The van der Waals surface area contributed by atoms with E-state index < -0.39 is 0 Å². The van der Waals surface area contributed by atoms with Gasteiger partial charge in [-0.05, 0) is 24.7 Å². The van der Waals surface area contributed by atoms with E-state index in [0.29, 0.717) is 11.4 Å². The van der Waals surface area contributed by atoms with Crippen molar-refractivity contribution in [3.63, 3.8) is 0 Å². The van der Waals surface area contributed by atoms with Crippen LogP contribution < -0.4 is 11.1 Å². The highest BCUT2D eigenvalue weighted by atomic mass is 16.2. The monoisotopic (exact) mass is 278 g/mol. The van der Waals surface area contributed by atoms with E-state index in [1.807, 2.05) is 6.92 Å². The molecule has 2 rings (SSSR count). The number of hydrogen-bond donors (Lipinski definition) is 2. The van der Waals surface area contributed by atoms with Crippen molar-refractivity contribution in [3.05, 3.63) is 11.4 Å². The van der Waals surface area contributed by atoms with Crippen LogP contribution in [0.5, 0.6) is 0 Å². The Balaban J connectivity index is 2.18. The van der Waals surface area contributed by atoms with Crippen LogP contribution in [0.2, 0.25) is 0 Å². The highest BCUT2D eigenvalue weighted by molar-refractivity contribution is 5.98. The number of carbonyl (C=O) groups excluding carboxylic acids is 1.